The Morgan fingerprint density at radius 2 is 1.83 bits per heavy atom. The van der Waals surface area contributed by atoms with Gasteiger partial charge in [-0.1, -0.05) is 32.0 Å². The molecule has 1 unspecified atom stereocenters. The summed E-state index contributed by atoms with van der Waals surface area (Å²) in [6.07, 6.45) is 2.38. The molecule has 2 N–H and O–H groups in total. The third-order valence-corrected chi connectivity index (χ3v) is 3.65. The Morgan fingerprint density at radius 3 is 2.50 bits per heavy atom. The van der Waals surface area contributed by atoms with E-state index in [4.69, 9.17) is 4.42 Å². The van der Waals surface area contributed by atoms with Crippen molar-refractivity contribution < 1.29 is 14.0 Å². The number of carbonyl (C=O) groups excluding carboxylic acids is 2. The van der Waals surface area contributed by atoms with E-state index >= 15 is 0 Å². The highest BCUT2D eigenvalue weighted by Crippen LogP contribution is 2.14. The third kappa shape index (κ3) is 4.98. The van der Waals surface area contributed by atoms with Gasteiger partial charge in [0.1, 0.15) is 11.8 Å². The summed E-state index contributed by atoms with van der Waals surface area (Å²) in [5.74, 6) is 0.644. The molecule has 1 aromatic heterocycles. The van der Waals surface area contributed by atoms with Crippen LogP contribution in [-0.2, 0) is 17.8 Å². The first kappa shape index (κ1) is 17.8. The molecular formula is C19H24N2O3. The monoisotopic (exact) mass is 328 g/mol. The molecule has 24 heavy (non-hydrogen) atoms. The Morgan fingerprint density at radius 1 is 1.08 bits per heavy atom. The average Bonchev–Trinajstić information content (AvgIpc) is 3.05. The fourth-order valence-electron chi connectivity index (χ4n) is 2.44. The topological polar surface area (TPSA) is 71.3 Å². The molecule has 5 heteroatoms. The molecule has 0 saturated carbocycles. The summed E-state index contributed by atoms with van der Waals surface area (Å²) >= 11 is 0. The van der Waals surface area contributed by atoms with Crippen LogP contribution in [0.3, 0.4) is 0 Å². The smallest absolute Gasteiger partial charge is 0.252 e. The first-order valence-electron chi connectivity index (χ1n) is 8.16. The second kappa shape index (κ2) is 8.34. The summed E-state index contributed by atoms with van der Waals surface area (Å²) in [4.78, 5) is 24.6. The van der Waals surface area contributed by atoms with Crippen molar-refractivity contribution in [2.75, 3.05) is 0 Å². The lowest BCUT2D eigenvalue weighted by Gasteiger charge is -2.16. The molecule has 128 valence electrons. The summed E-state index contributed by atoms with van der Waals surface area (Å²) in [6, 6.07) is 10.4. The van der Waals surface area contributed by atoms with Gasteiger partial charge in [0, 0.05) is 5.56 Å². The normalized spacial score (nSPS) is 12.0. The highest BCUT2D eigenvalue weighted by atomic mass is 16.3. The molecule has 5 nitrogen and oxygen atoms in total. The Balaban J connectivity index is 1.94. The molecule has 0 bridgehead atoms. The molecule has 0 fully saturated rings. The van der Waals surface area contributed by atoms with Crippen LogP contribution in [0.1, 0.15) is 42.5 Å². The number of hydrogen-bond acceptors (Lipinski definition) is 3. The predicted molar refractivity (Wildman–Crippen MR) is 92.5 cm³/mol. The molecule has 0 aliphatic heterocycles. The maximum Gasteiger partial charge on any atom is 0.252 e. The van der Waals surface area contributed by atoms with E-state index in [0.717, 1.165) is 12.0 Å². The van der Waals surface area contributed by atoms with Crippen molar-refractivity contribution in [2.24, 2.45) is 5.92 Å². The Labute approximate surface area is 142 Å². The Hall–Kier alpha value is -2.56. The summed E-state index contributed by atoms with van der Waals surface area (Å²) < 4.78 is 5.16. The van der Waals surface area contributed by atoms with Crippen LogP contribution in [0.2, 0.25) is 0 Å². The van der Waals surface area contributed by atoms with Gasteiger partial charge >= 0.3 is 0 Å². The van der Waals surface area contributed by atoms with E-state index in [1.54, 1.807) is 31.4 Å². The average molecular weight is 328 g/mol. The van der Waals surface area contributed by atoms with Gasteiger partial charge < -0.3 is 15.1 Å². The van der Waals surface area contributed by atoms with Gasteiger partial charge in [0.25, 0.3) is 5.91 Å². The van der Waals surface area contributed by atoms with E-state index in [0.29, 0.717) is 23.8 Å². The lowest BCUT2D eigenvalue weighted by molar-refractivity contribution is -0.122. The number of hydrogen-bond donors (Lipinski definition) is 2. The molecule has 2 amide bonds. The van der Waals surface area contributed by atoms with E-state index in [-0.39, 0.29) is 11.8 Å². The van der Waals surface area contributed by atoms with Crippen LogP contribution in [0, 0.1) is 5.92 Å². The van der Waals surface area contributed by atoms with Crippen molar-refractivity contribution >= 4 is 11.8 Å². The predicted octanol–water partition coefficient (Wildman–Crippen LogP) is 2.91. The van der Waals surface area contributed by atoms with Crippen LogP contribution >= 0.6 is 0 Å². The lowest BCUT2D eigenvalue weighted by Crippen LogP contribution is -2.44. The lowest BCUT2D eigenvalue weighted by atomic mass is 9.97. The Bertz CT molecular complexity index is 678. The first-order chi connectivity index (χ1) is 11.5. The number of rotatable bonds is 7. The van der Waals surface area contributed by atoms with Crippen LogP contribution in [0.5, 0.6) is 0 Å². The van der Waals surface area contributed by atoms with E-state index in [1.165, 1.54) is 0 Å². The van der Waals surface area contributed by atoms with Crippen LogP contribution in [0.4, 0.5) is 0 Å². The number of nitrogens with one attached hydrogen (secondary N) is 2. The molecule has 1 aromatic carbocycles. The quantitative estimate of drug-likeness (QED) is 0.821. The van der Waals surface area contributed by atoms with Crippen molar-refractivity contribution in [1.29, 1.82) is 0 Å². The van der Waals surface area contributed by atoms with Gasteiger partial charge in [-0.05, 0) is 43.0 Å². The highest BCUT2D eigenvalue weighted by Gasteiger charge is 2.18. The first-order valence-corrected chi connectivity index (χ1v) is 8.16. The fraction of sp³-hybridized carbons (Fsp3) is 0.368. The van der Waals surface area contributed by atoms with E-state index < -0.39 is 6.04 Å². The van der Waals surface area contributed by atoms with Crippen molar-refractivity contribution in [3.8, 4) is 0 Å². The number of benzene rings is 1. The summed E-state index contributed by atoms with van der Waals surface area (Å²) in [6.45, 7) is 6.19. The van der Waals surface area contributed by atoms with Crippen LogP contribution in [-0.4, -0.2) is 17.9 Å². The minimum absolute atomic E-state index is 0.230. The number of carbonyl (C=O) groups is 2. The van der Waals surface area contributed by atoms with Gasteiger partial charge in [-0.15, -0.1) is 0 Å². The van der Waals surface area contributed by atoms with E-state index in [2.05, 4.69) is 24.5 Å². The molecule has 2 aromatic rings. The molecule has 0 saturated heterocycles. The maximum atomic E-state index is 12.5. The zero-order valence-corrected chi connectivity index (χ0v) is 14.3. The summed E-state index contributed by atoms with van der Waals surface area (Å²) in [5, 5.41) is 5.50. The second-order valence-corrected chi connectivity index (χ2v) is 6.25. The molecule has 2 rings (SSSR count). The second-order valence-electron chi connectivity index (χ2n) is 6.25. The highest BCUT2D eigenvalue weighted by molar-refractivity contribution is 5.98. The SMILES string of the molecule is CC(C)Cc1ccccc1C(=O)NC(C)C(=O)NCc1ccco1. The van der Waals surface area contributed by atoms with Crippen LogP contribution in [0.25, 0.3) is 0 Å². The summed E-state index contributed by atoms with van der Waals surface area (Å²) in [5.41, 5.74) is 1.62. The van der Waals surface area contributed by atoms with Crippen molar-refractivity contribution in [3.05, 3.63) is 59.5 Å². The number of amides is 2. The molecule has 1 heterocycles. The molecule has 0 aliphatic rings. The van der Waals surface area contributed by atoms with Crippen molar-refractivity contribution in [2.45, 2.75) is 39.8 Å². The zero-order valence-electron chi connectivity index (χ0n) is 14.3. The molecule has 0 aliphatic carbocycles. The van der Waals surface area contributed by atoms with Crippen LogP contribution < -0.4 is 10.6 Å². The minimum atomic E-state index is -0.625. The molecule has 1 atom stereocenters. The summed E-state index contributed by atoms with van der Waals surface area (Å²) in [7, 11) is 0. The van der Waals surface area contributed by atoms with Gasteiger partial charge in [0.05, 0.1) is 12.8 Å². The standard InChI is InChI=1S/C19H24N2O3/c1-13(2)11-15-7-4-5-9-17(15)19(23)21-14(3)18(22)20-12-16-8-6-10-24-16/h4-10,13-14H,11-12H2,1-3H3,(H,20,22)(H,21,23). The van der Waals surface area contributed by atoms with Crippen molar-refractivity contribution in [1.82, 2.24) is 10.6 Å². The largest absolute Gasteiger partial charge is 0.467 e. The van der Waals surface area contributed by atoms with Gasteiger partial charge in [0.2, 0.25) is 5.91 Å². The molecule has 0 spiro atoms. The Kier molecular flexibility index (Phi) is 6.18. The van der Waals surface area contributed by atoms with E-state index in [1.807, 2.05) is 18.2 Å². The zero-order chi connectivity index (χ0) is 17.5. The van der Waals surface area contributed by atoms with Gasteiger partial charge in [-0.2, -0.15) is 0 Å². The van der Waals surface area contributed by atoms with Gasteiger partial charge in [-0.25, -0.2) is 0 Å². The fourth-order valence-corrected chi connectivity index (χ4v) is 2.44. The molecular weight excluding hydrogens is 304 g/mol. The maximum absolute atomic E-state index is 12.5. The minimum Gasteiger partial charge on any atom is -0.467 e. The van der Waals surface area contributed by atoms with E-state index in [9.17, 15) is 9.59 Å². The van der Waals surface area contributed by atoms with Crippen LogP contribution in [0.15, 0.2) is 47.1 Å². The third-order valence-electron chi connectivity index (χ3n) is 3.65. The van der Waals surface area contributed by atoms with Crippen molar-refractivity contribution in [3.63, 3.8) is 0 Å². The molecule has 0 radical (unpaired) electrons. The van der Waals surface area contributed by atoms with Gasteiger partial charge in [-0.3, -0.25) is 9.59 Å². The number of furan rings is 1. The van der Waals surface area contributed by atoms with Gasteiger partial charge in [0.15, 0.2) is 0 Å².